The van der Waals surface area contributed by atoms with E-state index < -0.39 is 0 Å². The summed E-state index contributed by atoms with van der Waals surface area (Å²) < 4.78 is 5.43. The third-order valence-corrected chi connectivity index (χ3v) is 3.61. The van der Waals surface area contributed by atoms with Gasteiger partial charge in [-0.2, -0.15) is 0 Å². The van der Waals surface area contributed by atoms with Crippen LogP contribution in [0.25, 0.3) is 0 Å². The van der Waals surface area contributed by atoms with Gasteiger partial charge in [-0.05, 0) is 43.7 Å². The van der Waals surface area contributed by atoms with Crippen molar-refractivity contribution >= 4 is 17.5 Å². The van der Waals surface area contributed by atoms with E-state index in [1.165, 1.54) is 6.92 Å². The van der Waals surface area contributed by atoms with Crippen molar-refractivity contribution in [3.05, 3.63) is 58.7 Å². The van der Waals surface area contributed by atoms with E-state index in [9.17, 15) is 9.59 Å². The molecule has 0 aliphatic rings. The molecule has 5 nitrogen and oxygen atoms in total. The predicted octanol–water partition coefficient (Wildman–Crippen LogP) is 3.20. The Bertz CT molecular complexity index is 752. The Kier molecular flexibility index (Phi) is 5.58. The van der Waals surface area contributed by atoms with E-state index in [4.69, 9.17) is 4.74 Å². The summed E-state index contributed by atoms with van der Waals surface area (Å²) in [5, 5.41) is 5.57. The first kappa shape index (κ1) is 17.5. The molecule has 0 aromatic heterocycles. The van der Waals surface area contributed by atoms with Crippen LogP contribution in [0, 0.1) is 13.8 Å². The van der Waals surface area contributed by atoms with Crippen LogP contribution in [0.15, 0.2) is 36.4 Å². The third-order valence-electron chi connectivity index (χ3n) is 3.61. The highest BCUT2D eigenvalue weighted by molar-refractivity contribution is 5.95. The summed E-state index contributed by atoms with van der Waals surface area (Å²) in [6.45, 7) is 5.83. The Morgan fingerprint density at radius 1 is 1.08 bits per heavy atom. The maximum atomic E-state index is 12.3. The number of nitrogens with one attached hydrogen (secondary N) is 2. The zero-order valence-corrected chi connectivity index (χ0v) is 14.4. The highest BCUT2D eigenvalue weighted by Crippen LogP contribution is 2.25. The Balaban J connectivity index is 2.07. The molecule has 0 aliphatic heterocycles. The molecule has 5 heteroatoms. The number of hydrogen-bond acceptors (Lipinski definition) is 3. The van der Waals surface area contributed by atoms with E-state index in [0.29, 0.717) is 17.8 Å². The van der Waals surface area contributed by atoms with Gasteiger partial charge >= 0.3 is 0 Å². The molecule has 126 valence electrons. The number of anilines is 1. The van der Waals surface area contributed by atoms with Crippen LogP contribution < -0.4 is 15.4 Å². The lowest BCUT2D eigenvalue weighted by molar-refractivity contribution is -0.114. The number of benzene rings is 2. The average Bonchev–Trinajstić information content (AvgIpc) is 2.52. The lowest BCUT2D eigenvalue weighted by Gasteiger charge is -2.13. The van der Waals surface area contributed by atoms with E-state index in [0.717, 1.165) is 22.4 Å². The van der Waals surface area contributed by atoms with Crippen molar-refractivity contribution in [1.82, 2.24) is 5.32 Å². The first-order chi connectivity index (χ1) is 11.4. The monoisotopic (exact) mass is 326 g/mol. The summed E-state index contributed by atoms with van der Waals surface area (Å²) in [7, 11) is 1.63. The van der Waals surface area contributed by atoms with Crippen LogP contribution >= 0.6 is 0 Å². The van der Waals surface area contributed by atoms with Crippen LogP contribution in [0.4, 0.5) is 5.69 Å². The Morgan fingerprint density at radius 3 is 2.33 bits per heavy atom. The molecular formula is C19H22N2O3. The van der Waals surface area contributed by atoms with Crippen molar-refractivity contribution in [1.29, 1.82) is 0 Å². The van der Waals surface area contributed by atoms with Crippen molar-refractivity contribution in [3.8, 4) is 5.75 Å². The minimum Gasteiger partial charge on any atom is -0.496 e. The van der Waals surface area contributed by atoms with Crippen LogP contribution in [0.5, 0.6) is 5.75 Å². The number of methoxy groups -OCH3 is 1. The van der Waals surface area contributed by atoms with Gasteiger partial charge in [0.1, 0.15) is 5.75 Å². The molecule has 0 saturated carbocycles. The molecule has 0 heterocycles. The molecule has 2 N–H and O–H groups in total. The fourth-order valence-electron chi connectivity index (χ4n) is 2.65. The summed E-state index contributed by atoms with van der Waals surface area (Å²) in [6.07, 6.45) is 0. The van der Waals surface area contributed by atoms with Crippen molar-refractivity contribution in [2.24, 2.45) is 0 Å². The molecule has 0 aliphatic carbocycles. The zero-order chi connectivity index (χ0) is 17.7. The van der Waals surface area contributed by atoms with Crippen LogP contribution in [0.2, 0.25) is 0 Å². The molecule has 2 aromatic carbocycles. The predicted molar refractivity (Wildman–Crippen MR) is 94.4 cm³/mol. The highest BCUT2D eigenvalue weighted by Gasteiger charge is 2.10. The second-order valence-corrected chi connectivity index (χ2v) is 5.72. The number of ether oxygens (including phenoxy) is 1. The standard InChI is InChI=1S/C19H22N2O3/c1-12-9-13(2)18(24-4)16(10-12)11-20-19(23)15-5-7-17(8-6-15)21-14(3)22/h5-10H,11H2,1-4H3,(H,20,23)(H,21,22). The summed E-state index contributed by atoms with van der Waals surface area (Å²) in [5.74, 6) is 0.474. The van der Waals surface area contributed by atoms with E-state index in [-0.39, 0.29) is 11.8 Å². The summed E-state index contributed by atoms with van der Waals surface area (Å²) in [4.78, 5) is 23.3. The lowest BCUT2D eigenvalue weighted by Crippen LogP contribution is -2.23. The maximum absolute atomic E-state index is 12.3. The van der Waals surface area contributed by atoms with Crippen LogP contribution in [-0.2, 0) is 11.3 Å². The van der Waals surface area contributed by atoms with Gasteiger partial charge in [-0.1, -0.05) is 17.7 Å². The van der Waals surface area contributed by atoms with Crippen LogP contribution in [0.1, 0.15) is 34.0 Å². The van der Waals surface area contributed by atoms with Gasteiger partial charge in [0.05, 0.1) is 7.11 Å². The molecule has 0 saturated heterocycles. The average molecular weight is 326 g/mol. The number of aryl methyl sites for hydroxylation is 2. The van der Waals surface area contributed by atoms with Gasteiger partial charge in [0.15, 0.2) is 0 Å². The Hall–Kier alpha value is -2.82. The molecule has 0 bridgehead atoms. The quantitative estimate of drug-likeness (QED) is 0.886. The minimum absolute atomic E-state index is 0.144. The number of carbonyl (C=O) groups is 2. The largest absolute Gasteiger partial charge is 0.496 e. The van der Waals surface area contributed by atoms with Gasteiger partial charge < -0.3 is 15.4 Å². The van der Waals surface area contributed by atoms with Gasteiger partial charge in [0.2, 0.25) is 5.91 Å². The summed E-state index contributed by atoms with van der Waals surface area (Å²) in [6, 6.07) is 10.8. The van der Waals surface area contributed by atoms with Crippen molar-refractivity contribution in [3.63, 3.8) is 0 Å². The molecular weight excluding hydrogens is 304 g/mol. The fraction of sp³-hybridized carbons (Fsp3) is 0.263. The Morgan fingerprint density at radius 2 is 1.75 bits per heavy atom. The second kappa shape index (κ2) is 7.64. The number of hydrogen-bond donors (Lipinski definition) is 2. The summed E-state index contributed by atoms with van der Waals surface area (Å²) in [5.41, 5.74) is 4.30. The topological polar surface area (TPSA) is 67.4 Å². The minimum atomic E-state index is -0.175. The van der Waals surface area contributed by atoms with E-state index in [1.807, 2.05) is 26.0 Å². The first-order valence-electron chi connectivity index (χ1n) is 7.70. The second-order valence-electron chi connectivity index (χ2n) is 5.72. The van der Waals surface area contributed by atoms with Crippen LogP contribution in [0.3, 0.4) is 0 Å². The number of rotatable bonds is 5. The lowest BCUT2D eigenvalue weighted by atomic mass is 10.1. The van der Waals surface area contributed by atoms with Gasteiger partial charge in [0.25, 0.3) is 5.91 Å². The maximum Gasteiger partial charge on any atom is 0.251 e. The van der Waals surface area contributed by atoms with Crippen LogP contribution in [-0.4, -0.2) is 18.9 Å². The normalized spacial score (nSPS) is 10.2. The summed E-state index contributed by atoms with van der Waals surface area (Å²) >= 11 is 0. The molecule has 0 spiro atoms. The molecule has 2 amide bonds. The fourth-order valence-corrected chi connectivity index (χ4v) is 2.65. The van der Waals surface area contributed by atoms with E-state index in [2.05, 4.69) is 10.6 Å². The highest BCUT2D eigenvalue weighted by atomic mass is 16.5. The third kappa shape index (κ3) is 4.35. The Labute approximate surface area is 142 Å². The first-order valence-corrected chi connectivity index (χ1v) is 7.70. The van der Waals surface area contributed by atoms with Gasteiger partial charge in [-0.25, -0.2) is 0 Å². The molecule has 0 fully saturated rings. The molecule has 0 atom stereocenters. The number of amides is 2. The van der Waals surface area contributed by atoms with E-state index in [1.54, 1.807) is 31.4 Å². The smallest absolute Gasteiger partial charge is 0.251 e. The van der Waals surface area contributed by atoms with Crippen molar-refractivity contribution < 1.29 is 14.3 Å². The zero-order valence-electron chi connectivity index (χ0n) is 14.4. The van der Waals surface area contributed by atoms with Gasteiger partial charge in [-0.3, -0.25) is 9.59 Å². The van der Waals surface area contributed by atoms with E-state index >= 15 is 0 Å². The SMILES string of the molecule is COc1c(C)cc(C)cc1CNC(=O)c1ccc(NC(C)=O)cc1. The van der Waals surface area contributed by atoms with Crippen molar-refractivity contribution in [2.75, 3.05) is 12.4 Å². The molecule has 2 aromatic rings. The van der Waals surface area contributed by atoms with Gasteiger partial charge in [-0.15, -0.1) is 0 Å². The van der Waals surface area contributed by atoms with Crippen molar-refractivity contribution in [2.45, 2.75) is 27.3 Å². The molecule has 2 rings (SSSR count). The molecule has 0 radical (unpaired) electrons. The number of carbonyl (C=O) groups excluding carboxylic acids is 2. The molecule has 0 unspecified atom stereocenters. The van der Waals surface area contributed by atoms with Gasteiger partial charge in [0, 0.05) is 30.3 Å². The molecule has 24 heavy (non-hydrogen) atoms.